The van der Waals surface area contributed by atoms with E-state index in [0.29, 0.717) is 11.3 Å². The predicted molar refractivity (Wildman–Crippen MR) is 66.8 cm³/mol. The summed E-state index contributed by atoms with van der Waals surface area (Å²) in [5, 5.41) is 0. The van der Waals surface area contributed by atoms with Crippen LogP contribution in [-0.2, 0) is 15.8 Å². The first-order valence-corrected chi connectivity index (χ1v) is 7.22. The van der Waals surface area contributed by atoms with E-state index in [9.17, 15) is 21.6 Å². The van der Waals surface area contributed by atoms with Crippen molar-refractivity contribution in [2.75, 3.05) is 12.3 Å². The minimum Gasteiger partial charge on any atom is -0.399 e. The lowest BCUT2D eigenvalue weighted by Gasteiger charge is -2.08. The standard InChI is InChI=1S/C11H15F3N2O2S/c12-11(13,14)5-2-6-16-19(17,18)8-9-3-1-4-10(15)7-9/h1,3-4,7,16H,2,5-6,8,15H2. The van der Waals surface area contributed by atoms with Crippen LogP contribution in [-0.4, -0.2) is 21.1 Å². The molecule has 0 radical (unpaired) electrons. The van der Waals surface area contributed by atoms with Gasteiger partial charge in [0.05, 0.1) is 5.75 Å². The van der Waals surface area contributed by atoms with Gasteiger partial charge in [-0.2, -0.15) is 13.2 Å². The second-order valence-electron chi connectivity index (χ2n) is 4.12. The number of rotatable bonds is 6. The van der Waals surface area contributed by atoms with Crippen LogP contribution in [0.2, 0.25) is 0 Å². The van der Waals surface area contributed by atoms with E-state index in [4.69, 9.17) is 5.73 Å². The normalized spacial score (nSPS) is 12.6. The molecule has 108 valence electrons. The molecule has 1 rings (SSSR count). The second kappa shape index (κ2) is 6.25. The van der Waals surface area contributed by atoms with Gasteiger partial charge >= 0.3 is 6.18 Å². The Balaban J connectivity index is 2.44. The van der Waals surface area contributed by atoms with Crippen LogP contribution in [0.1, 0.15) is 18.4 Å². The van der Waals surface area contributed by atoms with Crippen molar-refractivity contribution in [3.8, 4) is 0 Å². The smallest absolute Gasteiger partial charge is 0.389 e. The number of anilines is 1. The Kier molecular flexibility index (Phi) is 5.19. The fourth-order valence-corrected chi connectivity index (χ4v) is 2.65. The fraction of sp³-hybridized carbons (Fsp3) is 0.455. The van der Waals surface area contributed by atoms with Gasteiger partial charge < -0.3 is 5.73 Å². The summed E-state index contributed by atoms with van der Waals surface area (Å²) >= 11 is 0. The summed E-state index contributed by atoms with van der Waals surface area (Å²) in [5.74, 6) is -0.302. The summed E-state index contributed by atoms with van der Waals surface area (Å²) in [5.41, 5.74) is 6.43. The molecule has 0 saturated heterocycles. The number of hydrogen-bond donors (Lipinski definition) is 2. The third-order valence-electron chi connectivity index (χ3n) is 2.27. The van der Waals surface area contributed by atoms with Crippen LogP contribution < -0.4 is 10.5 Å². The number of nitrogen functional groups attached to an aromatic ring is 1. The van der Waals surface area contributed by atoms with Gasteiger partial charge in [-0.3, -0.25) is 0 Å². The van der Waals surface area contributed by atoms with E-state index in [1.807, 2.05) is 0 Å². The maximum atomic E-state index is 11.9. The van der Waals surface area contributed by atoms with E-state index in [1.165, 1.54) is 6.07 Å². The lowest BCUT2D eigenvalue weighted by Crippen LogP contribution is -2.27. The third kappa shape index (κ3) is 7.02. The van der Waals surface area contributed by atoms with Gasteiger partial charge in [0.15, 0.2) is 0 Å². The number of benzene rings is 1. The van der Waals surface area contributed by atoms with Crippen molar-refractivity contribution in [1.29, 1.82) is 0 Å². The lowest BCUT2D eigenvalue weighted by atomic mass is 10.2. The van der Waals surface area contributed by atoms with Crippen LogP contribution in [0.25, 0.3) is 0 Å². The first kappa shape index (κ1) is 15.8. The molecule has 1 aromatic rings. The van der Waals surface area contributed by atoms with Gasteiger partial charge in [0.1, 0.15) is 0 Å². The highest BCUT2D eigenvalue weighted by molar-refractivity contribution is 7.88. The molecule has 0 aromatic heterocycles. The van der Waals surface area contributed by atoms with E-state index < -0.39 is 22.6 Å². The Morgan fingerprint density at radius 2 is 1.95 bits per heavy atom. The van der Waals surface area contributed by atoms with E-state index in [1.54, 1.807) is 18.2 Å². The molecule has 3 N–H and O–H groups in total. The van der Waals surface area contributed by atoms with Crippen molar-refractivity contribution in [1.82, 2.24) is 4.72 Å². The fourth-order valence-electron chi connectivity index (χ4n) is 1.47. The summed E-state index contributed by atoms with van der Waals surface area (Å²) < 4.78 is 61.0. The molecular formula is C11H15F3N2O2S. The molecule has 19 heavy (non-hydrogen) atoms. The van der Waals surface area contributed by atoms with Crippen molar-refractivity contribution in [2.24, 2.45) is 0 Å². The maximum Gasteiger partial charge on any atom is 0.389 e. The third-order valence-corrected chi connectivity index (χ3v) is 3.62. The minimum absolute atomic E-state index is 0.232. The zero-order valence-corrected chi connectivity index (χ0v) is 10.9. The summed E-state index contributed by atoms with van der Waals surface area (Å²) in [4.78, 5) is 0. The first-order valence-electron chi connectivity index (χ1n) is 5.56. The molecule has 0 amide bonds. The van der Waals surface area contributed by atoms with E-state index in [0.717, 1.165) is 0 Å². The molecule has 0 unspecified atom stereocenters. The van der Waals surface area contributed by atoms with Gasteiger partial charge in [-0.05, 0) is 24.1 Å². The average Bonchev–Trinajstić information content (AvgIpc) is 2.22. The van der Waals surface area contributed by atoms with Crippen LogP contribution in [0.5, 0.6) is 0 Å². The van der Waals surface area contributed by atoms with Crippen molar-refractivity contribution >= 4 is 15.7 Å². The molecule has 1 aromatic carbocycles. The van der Waals surface area contributed by atoms with Gasteiger partial charge in [-0.15, -0.1) is 0 Å². The summed E-state index contributed by atoms with van der Waals surface area (Å²) in [6.07, 6.45) is -5.55. The number of hydrogen-bond acceptors (Lipinski definition) is 3. The van der Waals surface area contributed by atoms with Crippen molar-refractivity contribution in [3.63, 3.8) is 0 Å². The van der Waals surface area contributed by atoms with Crippen LogP contribution in [0.4, 0.5) is 18.9 Å². The number of alkyl halides is 3. The van der Waals surface area contributed by atoms with Gasteiger partial charge in [-0.25, -0.2) is 13.1 Å². The molecule has 0 fully saturated rings. The highest BCUT2D eigenvalue weighted by Gasteiger charge is 2.26. The molecule has 0 spiro atoms. The number of halogens is 3. The number of sulfonamides is 1. The highest BCUT2D eigenvalue weighted by atomic mass is 32.2. The Morgan fingerprint density at radius 1 is 1.26 bits per heavy atom. The van der Waals surface area contributed by atoms with Crippen molar-refractivity contribution in [2.45, 2.75) is 24.8 Å². The van der Waals surface area contributed by atoms with E-state index in [2.05, 4.69) is 4.72 Å². The number of nitrogens with one attached hydrogen (secondary N) is 1. The zero-order chi connectivity index (χ0) is 14.5. The lowest BCUT2D eigenvalue weighted by molar-refractivity contribution is -0.135. The largest absolute Gasteiger partial charge is 0.399 e. The van der Waals surface area contributed by atoms with Crippen LogP contribution in [0, 0.1) is 0 Å². The highest BCUT2D eigenvalue weighted by Crippen LogP contribution is 2.20. The molecule has 0 heterocycles. The maximum absolute atomic E-state index is 11.9. The Hall–Kier alpha value is -1.28. The van der Waals surface area contributed by atoms with Crippen LogP contribution in [0.15, 0.2) is 24.3 Å². The molecule has 0 aliphatic heterocycles. The summed E-state index contributed by atoms with van der Waals surface area (Å²) in [7, 11) is -3.64. The van der Waals surface area contributed by atoms with Gasteiger partial charge in [0.25, 0.3) is 0 Å². The van der Waals surface area contributed by atoms with Gasteiger partial charge in [0.2, 0.25) is 10.0 Å². The molecule has 0 saturated carbocycles. The minimum atomic E-state index is -4.26. The molecule has 0 atom stereocenters. The molecule has 8 heteroatoms. The molecule has 0 bridgehead atoms. The molecule has 0 aliphatic carbocycles. The van der Waals surface area contributed by atoms with Gasteiger partial charge in [0, 0.05) is 18.7 Å². The van der Waals surface area contributed by atoms with Crippen LogP contribution in [0.3, 0.4) is 0 Å². The van der Waals surface area contributed by atoms with E-state index >= 15 is 0 Å². The molecule has 0 aliphatic rings. The first-order chi connectivity index (χ1) is 8.68. The SMILES string of the molecule is Nc1cccc(CS(=O)(=O)NCCCC(F)(F)F)c1. The Morgan fingerprint density at radius 3 is 2.53 bits per heavy atom. The van der Waals surface area contributed by atoms with Crippen LogP contribution >= 0.6 is 0 Å². The zero-order valence-electron chi connectivity index (χ0n) is 10.1. The van der Waals surface area contributed by atoms with Crippen molar-refractivity contribution < 1.29 is 21.6 Å². The van der Waals surface area contributed by atoms with Crippen molar-refractivity contribution in [3.05, 3.63) is 29.8 Å². The quantitative estimate of drug-likeness (QED) is 0.623. The van der Waals surface area contributed by atoms with Gasteiger partial charge in [-0.1, -0.05) is 12.1 Å². The topological polar surface area (TPSA) is 72.2 Å². The second-order valence-corrected chi connectivity index (χ2v) is 5.92. The average molecular weight is 296 g/mol. The number of nitrogens with two attached hydrogens (primary N) is 1. The molecular weight excluding hydrogens is 281 g/mol. The summed E-state index contributed by atoms with van der Waals surface area (Å²) in [6.45, 7) is -0.232. The molecule has 4 nitrogen and oxygen atoms in total. The monoisotopic (exact) mass is 296 g/mol. The Labute approximate surface area is 109 Å². The van der Waals surface area contributed by atoms with E-state index in [-0.39, 0.29) is 18.7 Å². The predicted octanol–water partition coefficient (Wildman–Crippen LogP) is 2.03. The Bertz CT molecular complexity index is 515. The summed E-state index contributed by atoms with van der Waals surface area (Å²) in [6, 6.07) is 6.33.